The zero-order chi connectivity index (χ0) is 15.5. The van der Waals surface area contributed by atoms with Crippen molar-refractivity contribution in [3.63, 3.8) is 0 Å². The lowest BCUT2D eigenvalue weighted by Crippen LogP contribution is -2.19. The molecule has 0 fully saturated rings. The summed E-state index contributed by atoms with van der Waals surface area (Å²) in [5.41, 5.74) is 4.23. The molecule has 0 saturated carbocycles. The van der Waals surface area contributed by atoms with Gasteiger partial charge in [0.25, 0.3) is 5.91 Å². The second-order valence-electron chi connectivity index (χ2n) is 4.77. The summed E-state index contributed by atoms with van der Waals surface area (Å²) in [5, 5.41) is 5.45. The first-order chi connectivity index (χ1) is 10.6. The van der Waals surface area contributed by atoms with Gasteiger partial charge in [-0.2, -0.15) is 5.10 Å². The molecular formula is C17H13ClN2O2. The highest BCUT2D eigenvalue weighted by molar-refractivity contribution is 6.33. The number of nitrogens with one attached hydrogen (secondary N) is 1. The second-order valence-corrected chi connectivity index (χ2v) is 5.17. The molecule has 1 amide bonds. The summed E-state index contributed by atoms with van der Waals surface area (Å²) in [6, 6.07) is 16.4. The quantitative estimate of drug-likeness (QED) is 0.581. The monoisotopic (exact) mass is 312 g/mol. The number of carbonyl (C=O) groups is 1. The van der Waals surface area contributed by atoms with Gasteiger partial charge >= 0.3 is 0 Å². The lowest BCUT2D eigenvalue weighted by atomic mass is 10.2. The van der Waals surface area contributed by atoms with E-state index in [0.717, 1.165) is 11.0 Å². The van der Waals surface area contributed by atoms with Crippen molar-refractivity contribution in [2.75, 3.05) is 0 Å². The van der Waals surface area contributed by atoms with E-state index in [1.807, 2.05) is 30.3 Å². The number of furan rings is 1. The molecule has 0 aliphatic rings. The molecule has 22 heavy (non-hydrogen) atoms. The molecule has 3 aromatic rings. The Balaban J connectivity index is 1.80. The molecule has 0 aliphatic heterocycles. The average molecular weight is 313 g/mol. The number of hydrazone groups is 1. The highest BCUT2D eigenvalue weighted by Gasteiger charge is 2.10. The molecule has 1 aromatic heterocycles. The molecule has 4 nitrogen and oxygen atoms in total. The summed E-state index contributed by atoms with van der Waals surface area (Å²) in [6.07, 6.45) is 0. The number of hydrogen-bond donors (Lipinski definition) is 1. The maximum Gasteiger partial charge on any atom is 0.272 e. The van der Waals surface area contributed by atoms with Crippen LogP contribution in [0.15, 0.2) is 64.1 Å². The molecule has 110 valence electrons. The van der Waals surface area contributed by atoms with Crippen LogP contribution in [0.4, 0.5) is 0 Å². The predicted octanol–water partition coefficient (Wildman–Crippen LogP) is 4.24. The topological polar surface area (TPSA) is 54.6 Å². The largest absolute Gasteiger partial charge is 0.455 e. The highest BCUT2D eigenvalue weighted by Crippen LogP contribution is 2.19. The standard InChI is InChI=1S/C17H13ClN2O2/c1-11(16-10-12-6-2-5-9-15(12)22-16)19-20-17(21)13-7-3-4-8-14(13)18/h2-10H,1H3,(H,20,21)/b19-11-. The normalized spacial score (nSPS) is 11.6. The minimum Gasteiger partial charge on any atom is -0.455 e. The van der Waals surface area contributed by atoms with Gasteiger partial charge in [-0.25, -0.2) is 5.43 Å². The van der Waals surface area contributed by atoms with E-state index < -0.39 is 0 Å². The van der Waals surface area contributed by atoms with E-state index in [4.69, 9.17) is 16.0 Å². The molecule has 0 aliphatic carbocycles. The van der Waals surface area contributed by atoms with Crippen molar-refractivity contribution < 1.29 is 9.21 Å². The summed E-state index contributed by atoms with van der Waals surface area (Å²) < 4.78 is 5.68. The molecule has 1 N–H and O–H groups in total. The fourth-order valence-electron chi connectivity index (χ4n) is 2.06. The van der Waals surface area contributed by atoms with Crippen LogP contribution in [0.2, 0.25) is 5.02 Å². The molecule has 0 spiro atoms. The smallest absolute Gasteiger partial charge is 0.272 e. The van der Waals surface area contributed by atoms with Crippen molar-refractivity contribution in [2.45, 2.75) is 6.92 Å². The van der Waals surface area contributed by atoms with Gasteiger partial charge in [-0.1, -0.05) is 41.9 Å². The van der Waals surface area contributed by atoms with Crippen molar-refractivity contribution in [3.8, 4) is 0 Å². The van der Waals surface area contributed by atoms with Gasteiger partial charge in [0, 0.05) is 5.39 Å². The fraction of sp³-hybridized carbons (Fsp3) is 0.0588. The summed E-state index contributed by atoms with van der Waals surface area (Å²) in [4.78, 5) is 12.0. The molecule has 0 atom stereocenters. The molecule has 1 heterocycles. The van der Waals surface area contributed by atoms with Gasteiger partial charge in [0.1, 0.15) is 11.3 Å². The highest BCUT2D eigenvalue weighted by atomic mass is 35.5. The molecular weight excluding hydrogens is 300 g/mol. The number of halogens is 1. The Kier molecular flexibility index (Phi) is 3.94. The second kappa shape index (κ2) is 6.03. The van der Waals surface area contributed by atoms with Gasteiger partial charge in [0.15, 0.2) is 5.76 Å². The van der Waals surface area contributed by atoms with E-state index in [9.17, 15) is 4.79 Å². The summed E-state index contributed by atoms with van der Waals surface area (Å²) in [6.45, 7) is 1.77. The van der Waals surface area contributed by atoms with Crippen LogP contribution in [0, 0.1) is 0 Å². The van der Waals surface area contributed by atoms with Crippen molar-refractivity contribution in [2.24, 2.45) is 5.10 Å². The van der Waals surface area contributed by atoms with Crippen LogP contribution in [-0.4, -0.2) is 11.6 Å². The molecule has 0 saturated heterocycles. The van der Waals surface area contributed by atoms with Crippen LogP contribution in [0.25, 0.3) is 11.0 Å². The minimum absolute atomic E-state index is 0.360. The maximum atomic E-state index is 12.0. The van der Waals surface area contributed by atoms with Crippen LogP contribution >= 0.6 is 11.6 Å². The van der Waals surface area contributed by atoms with Gasteiger partial charge in [-0.05, 0) is 31.2 Å². The molecule has 3 rings (SSSR count). The third-order valence-corrected chi connectivity index (χ3v) is 3.56. The summed E-state index contributed by atoms with van der Waals surface area (Å²) >= 11 is 5.98. The van der Waals surface area contributed by atoms with Gasteiger partial charge in [-0.15, -0.1) is 0 Å². The Morgan fingerprint density at radius 1 is 1.14 bits per heavy atom. The Morgan fingerprint density at radius 2 is 1.86 bits per heavy atom. The van der Waals surface area contributed by atoms with Gasteiger partial charge in [0.05, 0.1) is 10.6 Å². The van der Waals surface area contributed by atoms with E-state index in [-0.39, 0.29) is 5.91 Å². The number of benzene rings is 2. The van der Waals surface area contributed by atoms with E-state index in [0.29, 0.717) is 22.1 Å². The predicted molar refractivity (Wildman–Crippen MR) is 87.3 cm³/mol. The Morgan fingerprint density at radius 3 is 2.64 bits per heavy atom. The van der Waals surface area contributed by atoms with Crippen molar-refractivity contribution in [1.82, 2.24) is 5.43 Å². The van der Waals surface area contributed by atoms with Crippen LogP contribution in [0.1, 0.15) is 23.0 Å². The Hall–Kier alpha value is -2.59. The van der Waals surface area contributed by atoms with E-state index in [2.05, 4.69) is 10.5 Å². The maximum absolute atomic E-state index is 12.0. The number of para-hydroxylation sites is 1. The number of carbonyl (C=O) groups excluding carboxylic acids is 1. The van der Waals surface area contributed by atoms with E-state index in [1.54, 1.807) is 31.2 Å². The zero-order valence-electron chi connectivity index (χ0n) is 11.8. The van der Waals surface area contributed by atoms with Gasteiger partial charge < -0.3 is 4.42 Å². The van der Waals surface area contributed by atoms with Crippen LogP contribution in [0.3, 0.4) is 0 Å². The van der Waals surface area contributed by atoms with Crippen LogP contribution in [0.5, 0.6) is 0 Å². The fourth-order valence-corrected chi connectivity index (χ4v) is 2.28. The van der Waals surface area contributed by atoms with Crippen molar-refractivity contribution >= 4 is 34.2 Å². The Bertz CT molecular complexity index is 835. The van der Waals surface area contributed by atoms with E-state index in [1.165, 1.54) is 0 Å². The third kappa shape index (κ3) is 2.87. The van der Waals surface area contributed by atoms with Gasteiger partial charge in [0.2, 0.25) is 0 Å². The molecule has 0 unspecified atom stereocenters. The lowest BCUT2D eigenvalue weighted by molar-refractivity contribution is 0.0955. The summed E-state index contributed by atoms with van der Waals surface area (Å²) in [5.74, 6) is 0.252. The minimum atomic E-state index is -0.360. The first kappa shape index (κ1) is 14.4. The van der Waals surface area contributed by atoms with Crippen molar-refractivity contribution in [3.05, 3.63) is 70.9 Å². The third-order valence-electron chi connectivity index (χ3n) is 3.23. The van der Waals surface area contributed by atoms with Crippen LogP contribution in [-0.2, 0) is 0 Å². The number of nitrogens with zero attached hydrogens (tertiary/aromatic N) is 1. The number of hydrogen-bond acceptors (Lipinski definition) is 3. The first-order valence-corrected chi connectivity index (χ1v) is 7.11. The van der Waals surface area contributed by atoms with Gasteiger partial charge in [-0.3, -0.25) is 4.79 Å². The number of rotatable bonds is 3. The lowest BCUT2D eigenvalue weighted by Gasteiger charge is -2.02. The average Bonchev–Trinajstić information content (AvgIpc) is 2.97. The molecule has 2 aromatic carbocycles. The molecule has 5 heteroatoms. The Labute approximate surface area is 132 Å². The first-order valence-electron chi connectivity index (χ1n) is 6.73. The SMILES string of the molecule is C/C(=N/NC(=O)c1ccccc1Cl)c1cc2ccccc2o1. The number of amides is 1. The zero-order valence-corrected chi connectivity index (χ0v) is 12.6. The molecule has 0 radical (unpaired) electrons. The van der Waals surface area contributed by atoms with E-state index >= 15 is 0 Å². The number of fused-ring (bicyclic) bond motifs is 1. The summed E-state index contributed by atoms with van der Waals surface area (Å²) in [7, 11) is 0. The van der Waals surface area contributed by atoms with Crippen molar-refractivity contribution in [1.29, 1.82) is 0 Å². The molecule has 0 bridgehead atoms. The van der Waals surface area contributed by atoms with Crippen LogP contribution < -0.4 is 5.43 Å².